The van der Waals surface area contributed by atoms with E-state index in [1.165, 1.54) is 35.9 Å². The van der Waals surface area contributed by atoms with Gasteiger partial charge in [-0.25, -0.2) is 0 Å². The SMILES string of the molecule is COc1ccc2[nH]cc(CC3CCCNC3)c2c1. The fourth-order valence-corrected chi connectivity index (χ4v) is 2.86. The molecule has 0 amide bonds. The molecule has 3 nitrogen and oxygen atoms in total. The predicted molar refractivity (Wildman–Crippen MR) is 74.1 cm³/mol. The Kier molecular flexibility index (Phi) is 3.24. The van der Waals surface area contributed by atoms with Gasteiger partial charge in [-0.3, -0.25) is 0 Å². The topological polar surface area (TPSA) is 37.0 Å². The van der Waals surface area contributed by atoms with Crippen molar-refractivity contribution in [1.82, 2.24) is 10.3 Å². The summed E-state index contributed by atoms with van der Waals surface area (Å²) in [5, 5.41) is 4.79. The maximum absolute atomic E-state index is 5.31. The second kappa shape index (κ2) is 5.02. The molecule has 0 aliphatic carbocycles. The minimum absolute atomic E-state index is 0.768. The van der Waals surface area contributed by atoms with Crippen molar-refractivity contribution in [2.75, 3.05) is 20.2 Å². The molecule has 1 aromatic heterocycles. The Labute approximate surface area is 108 Å². The number of ether oxygens (including phenoxy) is 1. The lowest BCUT2D eigenvalue weighted by Crippen LogP contribution is -2.30. The van der Waals surface area contributed by atoms with Gasteiger partial charge in [-0.15, -0.1) is 0 Å². The van der Waals surface area contributed by atoms with Crippen LogP contribution < -0.4 is 10.1 Å². The Hall–Kier alpha value is -1.48. The summed E-state index contributed by atoms with van der Waals surface area (Å²) in [6.45, 7) is 2.33. The third-order valence-corrected chi connectivity index (χ3v) is 3.88. The number of hydrogen-bond donors (Lipinski definition) is 2. The van der Waals surface area contributed by atoms with Gasteiger partial charge in [0.15, 0.2) is 0 Å². The van der Waals surface area contributed by atoms with Crippen LogP contribution in [0.1, 0.15) is 18.4 Å². The largest absolute Gasteiger partial charge is 0.497 e. The average molecular weight is 244 g/mol. The first-order chi connectivity index (χ1) is 8.86. The number of rotatable bonds is 3. The van der Waals surface area contributed by atoms with E-state index in [4.69, 9.17) is 4.74 Å². The molecule has 18 heavy (non-hydrogen) atoms. The second-order valence-electron chi connectivity index (χ2n) is 5.14. The van der Waals surface area contributed by atoms with Crippen molar-refractivity contribution in [2.24, 2.45) is 5.92 Å². The van der Waals surface area contributed by atoms with Crippen LogP contribution in [0.4, 0.5) is 0 Å². The van der Waals surface area contributed by atoms with Crippen LogP contribution in [0.3, 0.4) is 0 Å². The first kappa shape index (κ1) is 11.6. The minimum Gasteiger partial charge on any atom is -0.497 e. The Morgan fingerprint density at radius 1 is 1.39 bits per heavy atom. The lowest BCUT2D eigenvalue weighted by atomic mass is 9.92. The summed E-state index contributed by atoms with van der Waals surface area (Å²) in [7, 11) is 1.72. The van der Waals surface area contributed by atoms with E-state index < -0.39 is 0 Å². The normalized spacial score (nSPS) is 20.2. The van der Waals surface area contributed by atoms with Crippen molar-refractivity contribution in [3.63, 3.8) is 0 Å². The average Bonchev–Trinajstić information content (AvgIpc) is 2.82. The smallest absolute Gasteiger partial charge is 0.119 e. The standard InChI is InChI=1S/C15H20N2O/c1-18-13-4-5-15-14(8-13)12(10-17-15)7-11-3-2-6-16-9-11/h4-5,8,10-11,16-17H,2-3,6-7,9H2,1H3. The first-order valence-electron chi connectivity index (χ1n) is 6.71. The van der Waals surface area contributed by atoms with Crippen molar-refractivity contribution >= 4 is 10.9 Å². The molecule has 0 radical (unpaired) electrons. The number of hydrogen-bond acceptors (Lipinski definition) is 2. The molecule has 1 atom stereocenters. The van der Waals surface area contributed by atoms with Crippen LogP contribution in [0.2, 0.25) is 0 Å². The van der Waals surface area contributed by atoms with Crippen molar-refractivity contribution in [3.8, 4) is 5.75 Å². The van der Waals surface area contributed by atoms with E-state index in [9.17, 15) is 0 Å². The summed E-state index contributed by atoms with van der Waals surface area (Å²) in [6.07, 6.45) is 5.94. The predicted octanol–water partition coefficient (Wildman–Crippen LogP) is 2.72. The molecule has 1 aromatic carbocycles. The lowest BCUT2D eigenvalue weighted by molar-refractivity contribution is 0.377. The zero-order chi connectivity index (χ0) is 12.4. The number of piperidine rings is 1. The summed E-state index contributed by atoms with van der Waals surface area (Å²) < 4.78 is 5.31. The molecule has 0 spiro atoms. The molecule has 1 fully saturated rings. The zero-order valence-corrected chi connectivity index (χ0v) is 10.8. The van der Waals surface area contributed by atoms with E-state index >= 15 is 0 Å². The van der Waals surface area contributed by atoms with Gasteiger partial charge in [0.2, 0.25) is 0 Å². The summed E-state index contributed by atoms with van der Waals surface area (Å²) in [4.78, 5) is 3.35. The molecule has 0 bridgehead atoms. The van der Waals surface area contributed by atoms with E-state index in [0.717, 1.165) is 24.6 Å². The Balaban J connectivity index is 1.86. The van der Waals surface area contributed by atoms with Crippen molar-refractivity contribution in [1.29, 1.82) is 0 Å². The quantitative estimate of drug-likeness (QED) is 0.871. The molecule has 1 aliphatic rings. The molecule has 1 saturated heterocycles. The van der Waals surface area contributed by atoms with Crippen molar-refractivity contribution in [2.45, 2.75) is 19.3 Å². The van der Waals surface area contributed by atoms with Gasteiger partial charge in [0.1, 0.15) is 5.75 Å². The number of methoxy groups -OCH3 is 1. The fourth-order valence-electron chi connectivity index (χ4n) is 2.86. The van der Waals surface area contributed by atoms with Gasteiger partial charge < -0.3 is 15.0 Å². The monoisotopic (exact) mass is 244 g/mol. The molecular formula is C15H20N2O. The number of aromatic nitrogens is 1. The number of aromatic amines is 1. The van der Waals surface area contributed by atoms with Crippen LogP contribution in [0.5, 0.6) is 5.75 Å². The van der Waals surface area contributed by atoms with E-state index in [1.807, 2.05) is 6.07 Å². The Morgan fingerprint density at radius 2 is 2.33 bits per heavy atom. The van der Waals surface area contributed by atoms with Crippen LogP contribution in [-0.4, -0.2) is 25.2 Å². The van der Waals surface area contributed by atoms with E-state index in [0.29, 0.717) is 0 Å². The molecule has 2 aromatic rings. The summed E-state index contributed by atoms with van der Waals surface area (Å²) in [5.74, 6) is 1.70. The van der Waals surface area contributed by atoms with Gasteiger partial charge in [-0.1, -0.05) is 0 Å². The van der Waals surface area contributed by atoms with Crippen LogP contribution >= 0.6 is 0 Å². The third-order valence-electron chi connectivity index (χ3n) is 3.88. The molecule has 96 valence electrons. The second-order valence-corrected chi connectivity index (χ2v) is 5.14. The number of H-pyrrole nitrogens is 1. The van der Waals surface area contributed by atoms with Crippen molar-refractivity contribution in [3.05, 3.63) is 30.0 Å². The van der Waals surface area contributed by atoms with Gasteiger partial charge >= 0.3 is 0 Å². The Bertz CT molecular complexity index is 526. The molecule has 2 N–H and O–H groups in total. The highest BCUT2D eigenvalue weighted by atomic mass is 16.5. The summed E-state index contributed by atoms with van der Waals surface area (Å²) in [6, 6.07) is 6.24. The van der Waals surface area contributed by atoms with Gasteiger partial charge in [-0.05, 0) is 62.0 Å². The zero-order valence-electron chi connectivity index (χ0n) is 10.8. The fraction of sp³-hybridized carbons (Fsp3) is 0.467. The highest BCUT2D eigenvalue weighted by Gasteiger charge is 2.15. The number of fused-ring (bicyclic) bond motifs is 1. The van der Waals surface area contributed by atoms with Crippen molar-refractivity contribution < 1.29 is 4.74 Å². The third kappa shape index (κ3) is 2.23. The number of benzene rings is 1. The highest BCUT2D eigenvalue weighted by Crippen LogP contribution is 2.26. The molecular weight excluding hydrogens is 224 g/mol. The van der Waals surface area contributed by atoms with Gasteiger partial charge in [-0.2, -0.15) is 0 Å². The summed E-state index contributed by atoms with van der Waals surface area (Å²) >= 11 is 0. The van der Waals surface area contributed by atoms with Gasteiger partial charge in [0, 0.05) is 17.1 Å². The molecule has 0 saturated carbocycles. The summed E-state index contributed by atoms with van der Waals surface area (Å²) in [5.41, 5.74) is 2.62. The minimum atomic E-state index is 0.768. The van der Waals surface area contributed by atoms with Crippen LogP contribution in [0.25, 0.3) is 10.9 Å². The molecule has 3 rings (SSSR count). The number of nitrogens with one attached hydrogen (secondary N) is 2. The van der Waals surface area contributed by atoms with E-state index in [-0.39, 0.29) is 0 Å². The van der Waals surface area contributed by atoms with Gasteiger partial charge in [0.25, 0.3) is 0 Å². The molecule has 3 heteroatoms. The van der Waals surface area contributed by atoms with E-state index in [1.54, 1.807) is 7.11 Å². The van der Waals surface area contributed by atoms with Crippen LogP contribution in [0.15, 0.2) is 24.4 Å². The first-order valence-corrected chi connectivity index (χ1v) is 6.71. The molecule has 1 aliphatic heterocycles. The van der Waals surface area contributed by atoms with Crippen LogP contribution in [-0.2, 0) is 6.42 Å². The lowest BCUT2D eigenvalue weighted by Gasteiger charge is -2.22. The van der Waals surface area contributed by atoms with Crippen LogP contribution in [0, 0.1) is 5.92 Å². The maximum Gasteiger partial charge on any atom is 0.119 e. The Morgan fingerprint density at radius 3 is 3.11 bits per heavy atom. The molecule has 1 unspecified atom stereocenters. The van der Waals surface area contributed by atoms with Gasteiger partial charge in [0.05, 0.1) is 7.11 Å². The highest BCUT2D eigenvalue weighted by molar-refractivity contribution is 5.84. The van der Waals surface area contributed by atoms with E-state index in [2.05, 4.69) is 28.6 Å². The molecule has 2 heterocycles. The maximum atomic E-state index is 5.31.